The van der Waals surface area contributed by atoms with Crippen LogP contribution in [0.4, 0.5) is 16.2 Å². The molecule has 6 heteroatoms. The predicted molar refractivity (Wildman–Crippen MR) is 79.6 cm³/mol. The highest BCUT2D eigenvalue weighted by atomic mass is 16.5. The first-order valence-electron chi connectivity index (χ1n) is 7.01. The molecule has 1 heterocycles. The summed E-state index contributed by atoms with van der Waals surface area (Å²) in [6.45, 7) is 2.85. The average Bonchev–Trinajstić information content (AvgIpc) is 2.46. The van der Waals surface area contributed by atoms with Gasteiger partial charge in [-0.1, -0.05) is 0 Å². The Hall–Kier alpha value is -2.08. The third-order valence-electron chi connectivity index (χ3n) is 3.29. The molecule has 0 aliphatic carbocycles. The van der Waals surface area contributed by atoms with Crippen LogP contribution < -0.4 is 10.2 Å². The van der Waals surface area contributed by atoms with Crippen molar-refractivity contribution in [2.24, 2.45) is 0 Å². The largest absolute Gasteiger partial charge is 0.450 e. The van der Waals surface area contributed by atoms with E-state index in [2.05, 4.69) is 5.32 Å². The van der Waals surface area contributed by atoms with Crippen molar-refractivity contribution in [1.29, 1.82) is 0 Å². The molecule has 21 heavy (non-hydrogen) atoms. The average molecular weight is 292 g/mol. The molecule has 114 valence electrons. The quantitative estimate of drug-likeness (QED) is 0.923. The number of aryl methyl sites for hydroxylation is 1. The number of nitrogens with zero attached hydrogens (tertiary/aromatic N) is 1. The summed E-state index contributed by atoms with van der Waals surface area (Å²) in [4.78, 5) is 25.2. The van der Waals surface area contributed by atoms with Gasteiger partial charge >= 0.3 is 6.09 Å². The number of ether oxygens (including phenoxy) is 2. The number of rotatable bonds is 4. The SMILES string of the molecule is CCOC(=O)Nc1ccc2c(c1)CCCN2C(=O)COC. The van der Waals surface area contributed by atoms with Gasteiger partial charge in [0, 0.05) is 25.0 Å². The summed E-state index contributed by atoms with van der Waals surface area (Å²) in [6.07, 6.45) is 1.30. The summed E-state index contributed by atoms with van der Waals surface area (Å²) in [5, 5.41) is 2.67. The molecule has 0 bridgehead atoms. The van der Waals surface area contributed by atoms with Crippen molar-refractivity contribution < 1.29 is 19.1 Å². The summed E-state index contributed by atoms with van der Waals surface area (Å²) in [5.74, 6) is -0.0513. The molecule has 0 fully saturated rings. The molecule has 0 aromatic heterocycles. The number of methoxy groups -OCH3 is 1. The van der Waals surface area contributed by atoms with Crippen molar-refractivity contribution in [2.75, 3.05) is 37.1 Å². The maximum Gasteiger partial charge on any atom is 0.411 e. The van der Waals surface area contributed by atoms with Crippen molar-refractivity contribution in [2.45, 2.75) is 19.8 Å². The highest BCUT2D eigenvalue weighted by Crippen LogP contribution is 2.29. The molecule has 0 spiro atoms. The van der Waals surface area contributed by atoms with Crippen LogP contribution in [0, 0.1) is 0 Å². The summed E-state index contributed by atoms with van der Waals surface area (Å²) in [6, 6.07) is 5.51. The highest BCUT2D eigenvalue weighted by molar-refractivity contribution is 5.96. The van der Waals surface area contributed by atoms with Crippen LogP contribution in [-0.4, -0.2) is 38.9 Å². The van der Waals surface area contributed by atoms with Crippen molar-refractivity contribution in [1.82, 2.24) is 0 Å². The van der Waals surface area contributed by atoms with E-state index in [4.69, 9.17) is 9.47 Å². The van der Waals surface area contributed by atoms with Crippen LogP contribution in [0.25, 0.3) is 0 Å². The van der Waals surface area contributed by atoms with Gasteiger partial charge in [-0.25, -0.2) is 4.79 Å². The predicted octanol–water partition coefficient (Wildman–Crippen LogP) is 2.18. The van der Waals surface area contributed by atoms with E-state index in [1.165, 1.54) is 7.11 Å². The van der Waals surface area contributed by atoms with E-state index in [1.807, 2.05) is 12.1 Å². The number of benzene rings is 1. The molecule has 0 radical (unpaired) electrons. The lowest BCUT2D eigenvalue weighted by Crippen LogP contribution is -2.37. The Morgan fingerprint density at radius 3 is 2.90 bits per heavy atom. The van der Waals surface area contributed by atoms with Crippen molar-refractivity contribution >= 4 is 23.4 Å². The van der Waals surface area contributed by atoms with E-state index >= 15 is 0 Å². The molecule has 2 amide bonds. The zero-order valence-electron chi connectivity index (χ0n) is 12.3. The van der Waals surface area contributed by atoms with Gasteiger partial charge < -0.3 is 14.4 Å². The summed E-state index contributed by atoms with van der Waals surface area (Å²) < 4.78 is 9.76. The van der Waals surface area contributed by atoms with Gasteiger partial charge in [0.25, 0.3) is 5.91 Å². The molecule has 2 rings (SSSR count). The lowest BCUT2D eigenvalue weighted by molar-refractivity contribution is -0.122. The number of fused-ring (bicyclic) bond motifs is 1. The Balaban J connectivity index is 2.16. The fourth-order valence-electron chi connectivity index (χ4n) is 2.42. The van der Waals surface area contributed by atoms with E-state index in [0.29, 0.717) is 18.8 Å². The molecule has 0 unspecified atom stereocenters. The molecule has 6 nitrogen and oxygen atoms in total. The number of amides is 2. The van der Waals surface area contributed by atoms with Gasteiger partial charge in [-0.2, -0.15) is 0 Å². The first-order chi connectivity index (χ1) is 10.2. The molecular formula is C15H20N2O4. The molecule has 0 saturated carbocycles. The summed E-state index contributed by atoms with van der Waals surface area (Å²) in [5.41, 5.74) is 2.60. The van der Waals surface area contributed by atoms with Gasteiger partial charge in [-0.15, -0.1) is 0 Å². The van der Waals surface area contributed by atoms with Crippen molar-refractivity contribution in [3.8, 4) is 0 Å². The zero-order chi connectivity index (χ0) is 15.2. The second-order valence-corrected chi connectivity index (χ2v) is 4.77. The smallest absolute Gasteiger partial charge is 0.411 e. The molecule has 1 aromatic carbocycles. The van der Waals surface area contributed by atoms with Gasteiger partial charge in [-0.05, 0) is 43.5 Å². The Morgan fingerprint density at radius 2 is 2.19 bits per heavy atom. The summed E-state index contributed by atoms with van der Waals surface area (Å²) >= 11 is 0. The van der Waals surface area contributed by atoms with E-state index in [0.717, 1.165) is 24.1 Å². The number of anilines is 2. The molecule has 1 aliphatic rings. The molecule has 1 N–H and O–H groups in total. The Kier molecular flexibility index (Phi) is 5.16. The molecule has 1 aromatic rings. The zero-order valence-corrected chi connectivity index (χ0v) is 12.3. The second-order valence-electron chi connectivity index (χ2n) is 4.77. The van der Waals surface area contributed by atoms with Crippen molar-refractivity contribution in [3.05, 3.63) is 23.8 Å². The number of nitrogens with one attached hydrogen (secondary N) is 1. The van der Waals surface area contributed by atoms with Crippen LogP contribution in [0.3, 0.4) is 0 Å². The van der Waals surface area contributed by atoms with E-state index in [9.17, 15) is 9.59 Å². The van der Waals surface area contributed by atoms with Crippen LogP contribution in [0.15, 0.2) is 18.2 Å². The van der Waals surface area contributed by atoms with E-state index < -0.39 is 6.09 Å². The number of hydrogen-bond acceptors (Lipinski definition) is 4. The molecule has 0 saturated heterocycles. The highest BCUT2D eigenvalue weighted by Gasteiger charge is 2.22. The third-order valence-corrected chi connectivity index (χ3v) is 3.29. The fourth-order valence-corrected chi connectivity index (χ4v) is 2.42. The molecule has 0 atom stereocenters. The second kappa shape index (κ2) is 7.08. The van der Waals surface area contributed by atoms with Gasteiger partial charge in [0.1, 0.15) is 6.61 Å². The number of carbonyl (C=O) groups excluding carboxylic acids is 2. The normalized spacial score (nSPS) is 13.5. The van der Waals surface area contributed by atoms with Crippen LogP contribution in [-0.2, 0) is 20.7 Å². The van der Waals surface area contributed by atoms with Gasteiger partial charge in [0.15, 0.2) is 0 Å². The monoisotopic (exact) mass is 292 g/mol. The lowest BCUT2D eigenvalue weighted by Gasteiger charge is -2.29. The number of carbonyl (C=O) groups is 2. The van der Waals surface area contributed by atoms with Crippen LogP contribution in [0.2, 0.25) is 0 Å². The third kappa shape index (κ3) is 3.72. The maximum absolute atomic E-state index is 12.0. The first-order valence-corrected chi connectivity index (χ1v) is 7.01. The topological polar surface area (TPSA) is 67.9 Å². The van der Waals surface area contributed by atoms with Gasteiger partial charge in [0.2, 0.25) is 0 Å². The van der Waals surface area contributed by atoms with Crippen LogP contribution in [0.1, 0.15) is 18.9 Å². The standard InChI is InChI=1S/C15H20N2O4/c1-3-21-15(19)16-12-6-7-13-11(9-12)5-4-8-17(13)14(18)10-20-2/h6-7,9H,3-5,8,10H2,1-2H3,(H,16,19). The Labute approximate surface area is 124 Å². The summed E-state index contributed by atoms with van der Waals surface area (Å²) in [7, 11) is 1.51. The Bertz CT molecular complexity index is 530. The maximum atomic E-state index is 12.0. The van der Waals surface area contributed by atoms with Crippen LogP contribution >= 0.6 is 0 Å². The van der Waals surface area contributed by atoms with Gasteiger partial charge in [0.05, 0.1) is 6.61 Å². The minimum absolute atomic E-state index is 0.0513. The number of hydrogen-bond donors (Lipinski definition) is 1. The van der Waals surface area contributed by atoms with Gasteiger partial charge in [-0.3, -0.25) is 10.1 Å². The fraction of sp³-hybridized carbons (Fsp3) is 0.467. The van der Waals surface area contributed by atoms with Crippen LogP contribution in [0.5, 0.6) is 0 Å². The van der Waals surface area contributed by atoms with Crippen molar-refractivity contribution in [3.63, 3.8) is 0 Å². The molecule has 1 aliphatic heterocycles. The minimum Gasteiger partial charge on any atom is -0.450 e. The van der Waals surface area contributed by atoms with E-state index in [1.54, 1.807) is 17.9 Å². The molecular weight excluding hydrogens is 272 g/mol. The first kappa shape index (κ1) is 15.3. The lowest BCUT2D eigenvalue weighted by atomic mass is 10.0. The Morgan fingerprint density at radius 1 is 1.38 bits per heavy atom. The van der Waals surface area contributed by atoms with E-state index in [-0.39, 0.29) is 12.5 Å². The minimum atomic E-state index is -0.472.